The molecule has 4 rings (SSSR count). The molecular formula is C26H29N3O3S. The molecule has 0 spiro atoms. The van der Waals surface area contributed by atoms with E-state index in [1.54, 1.807) is 29.4 Å². The van der Waals surface area contributed by atoms with Crippen molar-refractivity contribution in [2.45, 2.75) is 25.9 Å². The Hall–Kier alpha value is -3.32. The zero-order valence-electron chi connectivity index (χ0n) is 18.8. The summed E-state index contributed by atoms with van der Waals surface area (Å²) < 4.78 is 5.25. The first-order valence-electron chi connectivity index (χ1n) is 11.1. The smallest absolute Gasteiger partial charge is 0.322 e. The first kappa shape index (κ1) is 22.9. The number of nitrogens with zero attached hydrogens (tertiary/aromatic N) is 2. The number of anilines is 1. The molecule has 3 amide bonds. The van der Waals surface area contributed by atoms with Gasteiger partial charge in [0.2, 0.25) is 5.91 Å². The van der Waals surface area contributed by atoms with E-state index < -0.39 is 0 Å². The van der Waals surface area contributed by atoms with Crippen LogP contribution in [0.25, 0.3) is 0 Å². The summed E-state index contributed by atoms with van der Waals surface area (Å²) in [7, 11) is 1.59. The van der Waals surface area contributed by atoms with Crippen molar-refractivity contribution in [2.24, 2.45) is 5.92 Å². The van der Waals surface area contributed by atoms with Crippen LogP contribution in [0.1, 0.15) is 23.3 Å². The molecule has 1 heterocycles. The topological polar surface area (TPSA) is 61.9 Å². The molecule has 172 valence electrons. The summed E-state index contributed by atoms with van der Waals surface area (Å²) in [5.74, 6) is 1.07. The minimum Gasteiger partial charge on any atom is -0.497 e. The zero-order valence-corrected chi connectivity index (χ0v) is 19.6. The molecular weight excluding hydrogens is 434 g/mol. The maximum Gasteiger partial charge on any atom is 0.322 e. The fourth-order valence-electron chi connectivity index (χ4n) is 3.62. The number of benzene rings is 2. The quantitative estimate of drug-likeness (QED) is 0.448. The van der Waals surface area contributed by atoms with Gasteiger partial charge in [-0.25, -0.2) is 4.79 Å². The lowest BCUT2D eigenvalue weighted by Crippen LogP contribution is -2.44. The average molecular weight is 464 g/mol. The molecule has 1 fully saturated rings. The van der Waals surface area contributed by atoms with E-state index in [0.717, 1.165) is 23.3 Å². The summed E-state index contributed by atoms with van der Waals surface area (Å²) in [4.78, 5) is 31.1. The third-order valence-corrected chi connectivity index (χ3v) is 6.47. The van der Waals surface area contributed by atoms with Crippen molar-refractivity contribution in [3.05, 3.63) is 82.6 Å². The van der Waals surface area contributed by atoms with E-state index >= 15 is 0 Å². The predicted octanol–water partition coefficient (Wildman–Crippen LogP) is 5.23. The molecule has 1 aliphatic rings. The maximum atomic E-state index is 13.4. The summed E-state index contributed by atoms with van der Waals surface area (Å²) in [6.07, 6.45) is 2.19. The molecule has 33 heavy (non-hydrogen) atoms. The van der Waals surface area contributed by atoms with Gasteiger partial charge in [0.15, 0.2) is 0 Å². The Kier molecular flexibility index (Phi) is 7.62. The number of urea groups is 1. The van der Waals surface area contributed by atoms with Gasteiger partial charge in [0.1, 0.15) is 12.3 Å². The van der Waals surface area contributed by atoms with Gasteiger partial charge in [-0.15, -0.1) is 11.3 Å². The second-order valence-electron chi connectivity index (χ2n) is 8.30. The number of hydrogen-bond acceptors (Lipinski definition) is 4. The highest BCUT2D eigenvalue weighted by Gasteiger charge is 2.29. The van der Waals surface area contributed by atoms with Crippen molar-refractivity contribution in [1.29, 1.82) is 0 Å². The van der Waals surface area contributed by atoms with E-state index in [1.807, 2.05) is 70.9 Å². The van der Waals surface area contributed by atoms with Crippen molar-refractivity contribution in [3.63, 3.8) is 0 Å². The summed E-state index contributed by atoms with van der Waals surface area (Å²) >= 11 is 1.63. The van der Waals surface area contributed by atoms with Crippen molar-refractivity contribution in [3.8, 4) is 5.75 Å². The van der Waals surface area contributed by atoms with Crippen LogP contribution in [-0.4, -0.2) is 41.9 Å². The molecule has 0 atom stereocenters. The Morgan fingerprint density at radius 2 is 1.82 bits per heavy atom. The average Bonchev–Trinajstić information content (AvgIpc) is 3.50. The number of amides is 3. The summed E-state index contributed by atoms with van der Waals surface area (Å²) in [6.45, 7) is 1.66. The minimum atomic E-state index is -0.265. The van der Waals surface area contributed by atoms with Crippen LogP contribution in [0, 0.1) is 5.92 Å². The van der Waals surface area contributed by atoms with E-state index in [0.29, 0.717) is 37.0 Å². The Balaban J connectivity index is 1.47. The van der Waals surface area contributed by atoms with Crippen LogP contribution in [0.4, 0.5) is 10.5 Å². The van der Waals surface area contributed by atoms with Gasteiger partial charge in [0, 0.05) is 29.7 Å². The first-order chi connectivity index (χ1) is 16.1. The molecule has 2 aromatic carbocycles. The largest absolute Gasteiger partial charge is 0.497 e. The van der Waals surface area contributed by atoms with Gasteiger partial charge in [0.05, 0.1) is 13.7 Å². The highest BCUT2D eigenvalue weighted by atomic mass is 32.1. The zero-order chi connectivity index (χ0) is 23.0. The monoisotopic (exact) mass is 463 g/mol. The molecule has 6 nitrogen and oxygen atoms in total. The van der Waals surface area contributed by atoms with Crippen LogP contribution in [0.15, 0.2) is 72.1 Å². The third-order valence-electron chi connectivity index (χ3n) is 5.61. The third kappa shape index (κ3) is 6.83. The fourth-order valence-corrected chi connectivity index (χ4v) is 4.34. The van der Waals surface area contributed by atoms with Crippen molar-refractivity contribution in [2.75, 3.05) is 25.5 Å². The van der Waals surface area contributed by atoms with Gasteiger partial charge >= 0.3 is 6.03 Å². The van der Waals surface area contributed by atoms with Gasteiger partial charge in [-0.3, -0.25) is 4.79 Å². The van der Waals surface area contributed by atoms with Crippen LogP contribution in [-0.2, 0) is 17.9 Å². The lowest BCUT2D eigenvalue weighted by molar-refractivity contribution is -0.133. The molecule has 1 aliphatic carbocycles. The van der Waals surface area contributed by atoms with Crippen molar-refractivity contribution < 1.29 is 14.3 Å². The lowest BCUT2D eigenvalue weighted by atomic mass is 10.2. The number of thiophene rings is 1. The Morgan fingerprint density at radius 3 is 2.52 bits per heavy atom. The first-order valence-corrected chi connectivity index (χ1v) is 12.0. The van der Waals surface area contributed by atoms with Crippen LogP contribution in [0.5, 0.6) is 5.75 Å². The molecule has 7 heteroatoms. The summed E-state index contributed by atoms with van der Waals surface area (Å²) in [5, 5.41) is 4.94. The maximum absolute atomic E-state index is 13.4. The second-order valence-corrected chi connectivity index (χ2v) is 9.33. The van der Waals surface area contributed by atoms with Crippen LogP contribution in [0.2, 0.25) is 0 Å². The predicted molar refractivity (Wildman–Crippen MR) is 131 cm³/mol. The second kappa shape index (κ2) is 11.0. The molecule has 3 aromatic rings. The highest BCUT2D eigenvalue weighted by Crippen LogP contribution is 2.30. The van der Waals surface area contributed by atoms with Gasteiger partial charge in [-0.05, 0) is 47.9 Å². The molecule has 0 bridgehead atoms. The molecule has 0 radical (unpaired) electrons. The number of hydrogen-bond donors (Lipinski definition) is 1. The Morgan fingerprint density at radius 1 is 1.00 bits per heavy atom. The van der Waals surface area contributed by atoms with Crippen molar-refractivity contribution in [1.82, 2.24) is 9.80 Å². The van der Waals surface area contributed by atoms with Gasteiger partial charge in [0.25, 0.3) is 0 Å². The van der Waals surface area contributed by atoms with E-state index in [9.17, 15) is 9.59 Å². The van der Waals surface area contributed by atoms with Gasteiger partial charge < -0.3 is 19.9 Å². The lowest BCUT2D eigenvalue weighted by Gasteiger charge is -2.28. The number of methoxy groups -OCH3 is 1. The van der Waals surface area contributed by atoms with E-state index in [-0.39, 0.29) is 18.5 Å². The number of nitrogens with one attached hydrogen (secondary N) is 1. The molecule has 0 unspecified atom stereocenters. The van der Waals surface area contributed by atoms with E-state index in [2.05, 4.69) is 5.32 Å². The minimum absolute atomic E-state index is 0.0461. The fraction of sp³-hybridized carbons (Fsp3) is 0.308. The number of carbonyl (C=O) groups excluding carboxylic acids is 2. The number of ether oxygens (including phenoxy) is 1. The number of carbonyl (C=O) groups is 2. The van der Waals surface area contributed by atoms with E-state index in [1.165, 1.54) is 0 Å². The highest BCUT2D eigenvalue weighted by molar-refractivity contribution is 7.09. The number of rotatable bonds is 10. The van der Waals surface area contributed by atoms with Crippen LogP contribution < -0.4 is 10.1 Å². The van der Waals surface area contributed by atoms with Gasteiger partial charge in [-0.1, -0.05) is 42.5 Å². The Labute approximate surface area is 198 Å². The van der Waals surface area contributed by atoms with Crippen LogP contribution in [0.3, 0.4) is 0 Å². The summed E-state index contributed by atoms with van der Waals surface area (Å²) in [6, 6.07) is 21.0. The molecule has 0 saturated heterocycles. The van der Waals surface area contributed by atoms with E-state index in [4.69, 9.17) is 4.74 Å². The Bertz CT molecular complexity index is 1050. The standard InChI is InChI=1S/C26H29N3O3S/c1-32-23-10-5-9-22(15-23)27-26(31)29(17-21-12-13-21)19-25(30)28(18-24-11-6-14-33-24)16-20-7-3-2-4-8-20/h2-11,14-15,21H,12-13,16-19H2,1H3,(H,27,31). The SMILES string of the molecule is COc1cccc(NC(=O)N(CC(=O)N(Cc2ccccc2)Cc2cccs2)CC2CC2)c1. The summed E-state index contributed by atoms with van der Waals surface area (Å²) in [5.41, 5.74) is 1.71. The van der Waals surface area contributed by atoms with Crippen LogP contribution >= 0.6 is 11.3 Å². The van der Waals surface area contributed by atoms with Crippen molar-refractivity contribution >= 4 is 29.0 Å². The molecule has 0 aliphatic heterocycles. The molecule has 1 N–H and O–H groups in total. The molecule has 1 aromatic heterocycles. The normalized spacial score (nSPS) is 12.8. The van der Waals surface area contributed by atoms with Gasteiger partial charge in [-0.2, -0.15) is 0 Å². The molecule has 1 saturated carbocycles.